The summed E-state index contributed by atoms with van der Waals surface area (Å²) in [4.78, 5) is 14.4. The molecule has 0 amide bonds. The molecule has 1 aromatic carbocycles. The van der Waals surface area contributed by atoms with Gasteiger partial charge < -0.3 is 4.90 Å². The molecular formula is C17H20N2O2S. The van der Waals surface area contributed by atoms with Crippen LogP contribution in [0.1, 0.15) is 32.1 Å². The van der Waals surface area contributed by atoms with Gasteiger partial charge in [-0.3, -0.25) is 10.1 Å². The van der Waals surface area contributed by atoms with E-state index in [9.17, 15) is 10.1 Å². The van der Waals surface area contributed by atoms with Crippen molar-refractivity contribution in [1.82, 2.24) is 0 Å². The Balaban J connectivity index is 2.06. The lowest BCUT2D eigenvalue weighted by Crippen LogP contribution is -2.33. The predicted molar refractivity (Wildman–Crippen MR) is 91.7 cm³/mol. The van der Waals surface area contributed by atoms with Crippen molar-refractivity contribution < 1.29 is 4.92 Å². The zero-order chi connectivity index (χ0) is 15.5. The average molecular weight is 316 g/mol. The lowest BCUT2D eigenvalue weighted by Gasteiger charge is -2.34. The van der Waals surface area contributed by atoms with Gasteiger partial charge in [0.15, 0.2) is 0 Å². The summed E-state index contributed by atoms with van der Waals surface area (Å²) in [5.41, 5.74) is 1.93. The topological polar surface area (TPSA) is 46.4 Å². The van der Waals surface area contributed by atoms with E-state index in [0.717, 1.165) is 16.1 Å². The summed E-state index contributed by atoms with van der Waals surface area (Å²) in [6.45, 7) is 0. The van der Waals surface area contributed by atoms with Gasteiger partial charge in [0.1, 0.15) is 0 Å². The summed E-state index contributed by atoms with van der Waals surface area (Å²) in [6.07, 6.45) is 6.14. The normalized spacial score (nSPS) is 15.7. The molecule has 1 heterocycles. The highest BCUT2D eigenvalue weighted by atomic mass is 32.1. The lowest BCUT2D eigenvalue weighted by atomic mass is 9.93. The van der Waals surface area contributed by atoms with E-state index < -0.39 is 0 Å². The van der Waals surface area contributed by atoms with Crippen molar-refractivity contribution >= 4 is 22.7 Å². The molecule has 5 heteroatoms. The van der Waals surface area contributed by atoms with E-state index in [1.807, 2.05) is 23.6 Å². The maximum absolute atomic E-state index is 11.5. The number of anilines is 1. The second kappa shape index (κ2) is 6.48. The Morgan fingerprint density at radius 3 is 2.59 bits per heavy atom. The summed E-state index contributed by atoms with van der Waals surface area (Å²) >= 11 is 1.55. The first-order chi connectivity index (χ1) is 10.7. The van der Waals surface area contributed by atoms with Crippen LogP contribution in [0.5, 0.6) is 0 Å². The molecule has 1 aromatic heterocycles. The highest BCUT2D eigenvalue weighted by Gasteiger charge is 2.25. The molecule has 0 unspecified atom stereocenters. The molecule has 0 bridgehead atoms. The fraction of sp³-hybridized carbons (Fsp3) is 0.412. The van der Waals surface area contributed by atoms with Crippen molar-refractivity contribution in [2.45, 2.75) is 38.1 Å². The molecule has 116 valence electrons. The van der Waals surface area contributed by atoms with Gasteiger partial charge in [-0.1, -0.05) is 31.4 Å². The van der Waals surface area contributed by atoms with E-state index in [0.29, 0.717) is 6.04 Å². The Labute approximate surface area is 134 Å². The van der Waals surface area contributed by atoms with Crippen LogP contribution < -0.4 is 4.90 Å². The standard InChI is InChI=1S/C17H20N2O2S/c1-18(13-7-3-2-4-8-13)14-9-5-10-15(19(20)21)17(14)16-11-6-12-22-16/h5-6,9-13H,2-4,7-8H2,1H3. The van der Waals surface area contributed by atoms with Crippen LogP contribution in [0.25, 0.3) is 10.4 Å². The van der Waals surface area contributed by atoms with E-state index in [1.165, 1.54) is 32.1 Å². The number of benzene rings is 1. The highest BCUT2D eigenvalue weighted by molar-refractivity contribution is 7.13. The van der Waals surface area contributed by atoms with Gasteiger partial charge in [-0.2, -0.15) is 0 Å². The predicted octanol–water partition coefficient (Wildman–Crippen LogP) is 5.09. The molecular weight excluding hydrogens is 296 g/mol. The third-order valence-electron chi connectivity index (χ3n) is 4.49. The second-order valence-electron chi connectivity index (χ2n) is 5.81. The van der Waals surface area contributed by atoms with Crippen molar-refractivity contribution in [3.63, 3.8) is 0 Å². The number of rotatable bonds is 4. The highest BCUT2D eigenvalue weighted by Crippen LogP contribution is 2.41. The van der Waals surface area contributed by atoms with Crippen LogP contribution in [0.2, 0.25) is 0 Å². The van der Waals surface area contributed by atoms with Crippen LogP contribution in [0.15, 0.2) is 35.7 Å². The van der Waals surface area contributed by atoms with Gasteiger partial charge in [0.25, 0.3) is 5.69 Å². The Kier molecular flexibility index (Phi) is 4.43. The molecule has 22 heavy (non-hydrogen) atoms. The summed E-state index contributed by atoms with van der Waals surface area (Å²) in [5, 5.41) is 13.4. The van der Waals surface area contributed by atoms with Crippen LogP contribution in [-0.4, -0.2) is 18.0 Å². The molecule has 2 aromatic rings. The smallest absolute Gasteiger partial charge is 0.280 e. The molecule has 0 saturated heterocycles. The van der Waals surface area contributed by atoms with E-state index >= 15 is 0 Å². The Hall–Kier alpha value is -1.88. The molecule has 0 radical (unpaired) electrons. The SMILES string of the molecule is CN(c1cccc([N+](=O)[O-])c1-c1cccs1)C1CCCCC1. The number of hydrogen-bond acceptors (Lipinski definition) is 4. The summed E-state index contributed by atoms with van der Waals surface area (Å²) in [6, 6.07) is 9.80. The summed E-state index contributed by atoms with van der Waals surface area (Å²) in [5.74, 6) is 0. The van der Waals surface area contributed by atoms with Crippen LogP contribution >= 0.6 is 11.3 Å². The van der Waals surface area contributed by atoms with E-state index in [2.05, 4.69) is 11.9 Å². The molecule has 3 rings (SSSR count). The van der Waals surface area contributed by atoms with Crippen LogP contribution in [-0.2, 0) is 0 Å². The van der Waals surface area contributed by atoms with Crippen LogP contribution in [0, 0.1) is 10.1 Å². The number of thiophene rings is 1. The zero-order valence-corrected chi connectivity index (χ0v) is 13.5. The third-order valence-corrected chi connectivity index (χ3v) is 5.37. The fourth-order valence-corrected chi connectivity index (χ4v) is 4.10. The largest absolute Gasteiger partial charge is 0.371 e. The molecule has 0 atom stereocenters. The molecule has 1 aliphatic rings. The maximum atomic E-state index is 11.5. The first-order valence-corrected chi connectivity index (χ1v) is 8.60. The van der Waals surface area contributed by atoms with Gasteiger partial charge >= 0.3 is 0 Å². The van der Waals surface area contributed by atoms with E-state index in [1.54, 1.807) is 23.5 Å². The van der Waals surface area contributed by atoms with Crippen LogP contribution in [0.4, 0.5) is 11.4 Å². The lowest BCUT2D eigenvalue weighted by molar-refractivity contribution is -0.384. The molecule has 1 aliphatic carbocycles. The van der Waals surface area contributed by atoms with Gasteiger partial charge in [0, 0.05) is 24.0 Å². The van der Waals surface area contributed by atoms with Crippen molar-refractivity contribution in [2.75, 3.05) is 11.9 Å². The molecule has 1 saturated carbocycles. The van der Waals surface area contributed by atoms with Crippen LogP contribution in [0.3, 0.4) is 0 Å². The minimum absolute atomic E-state index is 0.197. The Morgan fingerprint density at radius 1 is 1.18 bits per heavy atom. The molecule has 4 nitrogen and oxygen atoms in total. The number of nitro benzene ring substituents is 1. The van der Waals surface area contributed by atoms with Crippen molar-refractivity contribution in [1.29, 1.82) is 0 Å². The molecule has 1 fully saturated rings. The number of nitrogens with zero attached hydrogens (tertiary/aromatic N) is 2. The quantitative estimate of drug-likeness (QED) is 0.583. The summed E-state index contributed by atoms with van der Waals surface area (Å²) < 4.78 is 0. The summed E-state index contributed by atoms with van der Waals surface area (Å²) in [7, 11) is 2.08. The monoisotopic (exact) mass is 316 g/mol. The minimum atomic E-state index is -0.271. The zero-order valence-electron chi connectivity index (χ0n) is 12.7. The van der Waals surface area contributed by atoms with Gasteiger partial charge in [0.05, 0.1) is 16.2 Å². The maximum Gasteiger partial charge on any atom is 0.280 e. The van der Waals surface area contributed by atoms with Gasteiger partial charge in [0.2, 0.25) is 0 Å². The van der Waals surface area contributed by atoms with Gasteiger partial charge in [-0.25, -0.2) is 0 Å². The Bertz CT molecular complexity index is 649. The van der Waals surface area contributed by atoms with Gasteiger partial charge in [-0.15, -0.1) is 11.3 Å². The number of nitro groups is 1. The van der Waals surface area contributed by atoms with E-state index in [-0.39, 0.29) is 10.6 Å². The first-order valence-electron chi connectivity index (χ1n) is 7.72. The number of hydrogen-bond donors (Lipinski definition) is 0. The minimum Gasteiger partial charge on any atom is -0.371 e. The van der Waals surface area contributed by atoms with Crippen molar-refractivity contribution in [3.8, 4) is 10.4 Å². The molecule has 0 N–H and O–H groups in total. The average Bonchev–Trinajstić information content (AvgIpc) is 3.08. The second-order valence-corrected chi connectivity index (χ2v) is 6.76. The van der Waals surface area contributed by atoms with Gasteiger partial charge in [-0.05, 0) is 30.4 Å². The Morgan fingerprint density at radius 2 is 1.95 bits per heavy atom. The van der Waals surface area contributed by atoms with Crippen molar-refractivity contribution in [2.24, 2.45) is 0 Å². The fourth-order valence-electron chi connectivity index (χ4n) is 3.31. The molecule has 0 aliphatic heterocycles. The first kappa shape index (κ1) is 15.0. The molecule has 0 spiro atoms. The van der Waals surface area contributed by atoms with Crippen molar-refractivity contribution in [3.05, 3.63) is 45.8 Å². The van der Waals surface area contributed by atoms with E-state index in [4.69, 9.17) is 0 Å². The third kappa shape index (κ3) is 2.86.